The molecule has 0 bridgehead atoms. The molecule has 5 heteroatoms. The van der Waals surface area contributed by atoms with Gasteiger partial charge in [0.1, 0.15) is 0 Å². The number of nitrogens with zero attached hydrogens (tertiary/aromatic N) is 1. The Hall–Kier alpha value is -2.75. The van der Waals surface area contributed by atoms with Gasteiger partial charge in [0.25, 0.3) is 0 Å². The molecule has 0 spiro atoms. The van der Waals surface area contributed by atoms with Crippen molar-refractivity contribution in [1.82, 2.24) is 4.98 Å². The van der Waals surface area contributed by atoms with E-state index in [2.05, 4.69) is 58.1 Å². The van der Waals surface area contributed by atoms with Crippen LogP contribution in [-0.4, -0.2) is 18.1 Å². The highest BCUT2D eigenvalue weighted by atomic mass is 35.5. The molecule has 0 atom stereocenters. The number of hydrogen-bond acceptors (Lipinski definition) is 3. The van der Waals surface area contributed by atoms with E-state index in [9.17, 15) is 0 Å². The molecule has 0 saturated heterocycles. The van der Waals surface area contributed by atoms with Crippen molar-refractivity contribution in [2.75, 3.05) is 23.7 Å². The lowest BCUT2D eigenvalue weighted by atomic mass is 10.1. The number of pyridine rings is 1. The smallest absolute Gasteiger partial charge is 0.0724 e. The molecule has 2 N–H and O–H groups in total. The van der Waals surface area contributed by atoms with Crippen LogP contribution in [0.2, 0.25) is 10.0 Å². The molecule has 152 valence electrons. The monoisotopic (exact) mass is 435 g/mol. The van der Waals surface area contributed by atoms with Crippen LogP contribution in [0.1, 0.15) is 11.1 Å². The molecule has 1 aromatic heterocycles. The summed E-state index contributed by atoms with van der Waals surface area (Å²) in [6, 6.07) is 24.3. The number of benzene rings is 3. The zero-order valence-electron chi connectivity index (χ0n) is 16.5. The standard InChI is InChI=1S/C25H23Cl2N3/c26-20-5-1-18(2-6-20)11-14-28-22-9-10-24-23(17-22)25(13-16-30-24)29-15-12-19-3-7-21(27)8-4-19/h1-10,13,16-17,28H,11-12,14-15H2,(H,29,30). The topological polar surface area (TPSA) is 37.0 Å². The Morgan fingerprint density at radius 1 is 0.667 bits per heavy atom. The maximum Gasteiger partial charge on any atom is 0.0724 e. The second-order valence-electron chi connectivity index (χ2n) is 7.20. The van der Waals surface area contributed by atoms with Crippen molar-refractivity contribution in [2.24, 2.45) is 0 Å². The van der Waals surface area contributed by atoms with Gasteiger partial charge in [-0.2, -0.15) is 0 Å². The van der Waals surface area contributed by atoms with Crippen molar-refractivity contribution in [3.8, 4) is 0 Å². The summed E-state index contributed by atoms with van der Waals surface area (Å²) in [5.74, 6) is 0. The van der Waals surface area contributed by atoms with E-state index in [1.165, 1.54) is 11.1 Å². The van der Waals surface area contributed by atoms with Gasteiger partial charge in [0.05, 0.1) is 5.52 Å². The van der Waals surface area contributed by atoms with E-state index in [-0.39, 0.29) is 0 Å². The van der Waals surface area contributed by atoms with E-state index in [4.69, 9.17) is 23.2 Å². The number of fused-ring (bicyclic) bond motifs is 1. The van der Waals surface area contributed by atoms with Gasteiger partial charge in [-0.25, -0.2) is 0 Å². The molecule has 3 nitrogen and oxygen atoms in total. The number of anilines is 2. The summed E-state index contributed by atoms with van der Waals surface area (Å²) in [4.78, 5) is 4.50. The van der Waals surface area contributed by atoms with E-state index < -0.39 is 0 Å². The number of halogens is 2. The molecule has 0 saturated carbocycles. The Morgan fingerprint density at radius 3 is 1.90 bits per heavy atom. The second kappa shape index (κ2) is 9.84. The van der Waals surface area contributed by atoms with Gasteiger partial charge in [-0.05, 0) is 72.5 Å². The van der Waals surface area contributed by atoms with Crippen molar-refractivity contribution in [2.45, 2.75) is 12.8 Å². The zero-order valence-corrected chi connectivity index (χ0v) is 18.0. The third kappa shape index (κ3) is 5.44. The Labute approximate surface area is 187 Å². The summed E-state index contributed by atoms with van der Waals surface area (Å²) in [7, 11) is 0. The first-order valence-corrected chi connectivity index (χ1v) is 10.8. The number of nitrogens with one attached hydrogen (secondary N) is 2. The molecule has 0 aliphatic rings. The SMILES string of the molecule is Clc1ccc(CCNc2ccc3nccc(NCCc4ccc(Cl)cc4)c3c2)cc1. The van der Waals surface area contributed by atoms with Crippen LogP contribution >= 0.6 is 23.2 Å². The third-order valence-corrected chi connectivity index (χ3v) is 5.54. The van der Waals surface area contributed by atoms with Gasteiger partial charge in [0.2, 0.25) is 0 Å². The highest BCUT2D eigenvalue weighted by Gasteiger charge is 2.04. The zero-order chi connectivity index (χ0) is 20.8. The molecule has 0 amide bonds. The number of rotatable bonds is 8. The average Bonchev–Trinajstić information content (AvgIpc) is 2.77. The lowest BCUT2D eigenvalue weighted by Gasteiger charge is -2.12. The van der Waals surface area contributed by atoms with Crippen LogP contribution in [0.5, 0.6) is 0 Å². The molecule has 4 aromatic rings. The Bertz CT molecular complexity index is 1110. The molecule has 1 heterocycles. The highest BCUT2D eigenvalue weighted by molar-refractivity contribution is 6.30. The maximum absolute atomic E-state index is 5.97. The first kappa shape index (κ1) is 20.5. The van der Waals surface area contributed by atoms with Gasteiger partial charge >= 0.3 is 0 Å². The fraction of sp³-hybridized carbons (Fsp3) is 0.160. The van der Waals surface area contributed by atoms with Crippen molar-refractivity contribution in [3.63, 3.8) is 0 Å². The predicted molar refractivity (Wildman–Crippen MR) is 129 cm³/mol. The van der Waals surface area contributed by atoms with Crippen molar-refractivity contribution >= 4 is 45.5 Å². The van der Waals surface area contributed by atoms with Gasteiger partial charge in [-0.15, -0.1) is 0 Å². The predicted octanol–water partition coefficient (Wildman–Crippen LogP) is 6.85. The molecule has 0 radical (unpaired) electrons. The Morgan fingerprint density at radius 2 is 1.27 bits per heavy atom. The number of hydrogen-bond donors (Lipinski definition) is 2. The largest absolute Gasteiger partial charge is 0.385 e. The van der Waals surface area contributed by atoms with Gasteiger partial charge in [-0.3, -0.25) is 4.98 Å². The number of aromatic nitrogens is 1. The van der Waals surface area contributed by atoms with E-state index in [0.29, 0.717) is 0 Å². The maximum atomic E-state index is 5.97. The van der Waals surface area contributed by atoms with Crippen molar-refractivity contribution < 1.29 is 0 Å². The van der Waals surface area contributed by atoms with Crippen LogP contribution in [0.3, 0.4) is 0 Å². The Balaban J connectivity index is 1.39. The van der Waals surface area contributed by atoms with Crippen molar-refractivity contribution in [1.29, 1.82) is 0 Å². The summed E-state index contributed by atoms with van der Waals surface area (Å²) in [6.45, 7) is 1.70. The van der Waals surface area contributed by atoms with E-state index in [1.54, 1.807) is 0 Å². The summed E-state index contributed by atoms with van der Waals surface area (Å²) in [6.07, 6.45) is 3.72. The quantitative estimate of drug-likeness (QED) is 0.317. The fourth-order valence-corrected chi connectivity index (χ4v) is 3.66. The van der Waals surface area contributed by atoms with Crippen LogP contribution in [0, 0.1) is 0 Å². The fourth-order valence-electron chi connectivity index (χ4n) is 3.41. The highest BCUT2D eigenvalue weighted by Crippen LogP contribution is 2.25. The van der Waals surface area contributed by atoms with Crippen LogP contribution in [0.25, 0.3) is 10.9 Å². The van der Waals surface area contributed by atoms with Crippen LogP contribution in [0.15, 0.2) is 79.0 Å². The first-order chi connectivity index (χ1) is 14.7. The summed E-state index contributed by atoms with van der Waals surface area (Å²) >= 11 is 11.9. The molecule has 0 aliphatic carbocycles. The molecule has 3 aromatic carbocycles. The molecule has 4 rings (SSSR count). The lowest BCUT2D eigenvalue weighted by Crippen LogP contribution is -2.06. The van der Waals surface area contributed by atoms with E-state index in [1.807, 2.05) is 36.5 Å². The normalized spacial score (nSPS) is 10.9. The third-order valence-electron chi connectivity index (χ3n) is 5.04. The summed E-state index contributed by atoms with van der Waals surface area (Å²) < 4.78 is 0. The average molecular weight is 436 g/mol. The van der Waals surface area contributed by atoms with E-state index >= 15 is 0 Å². The van der Waals surface area contributed by atoms with Gasteiger partial charge < -0.3 is 10.6 Å². The molecule has 0 fully saturated rings. The first-order valence-electron chi connectivity index (χ1n) is 10.0. The molecule has 30 heavy (non-hydrogen) atoms. The minimum Gasteiger partial charge on any atom is -0.385 e. The molecular weight excluding hydrogens is 413 g/mol. The van der Waals surface area contributed by atoms with E-state index in [0.717, 1.165) is 58.3 Å². The summed E-state index contributed by atoms with van der Waals surface area (Å²) in [5.41, 5.74) is 5.68. The minimum absolute atomic E-state index is 0.767. The Kier molecular flexibility index (Phi) is 6.73. The minimum atomic E-state index is 0.767. The molecule has 0 unspecified atom stereocenters. The van der Waals surface area contributed by atoms with Gasteiger partial charge in [0, 0.05) is 46.1 Å². The second-order valence-corrected chi connectivity index (χ2v) is 8.07. The van der Waals surface area contributed by atoms with Gasteiger partial charge in [0.15, 0.2) is 0 Å². The summed E-state index contributed by atoms with van der Waals surface area (Å²) in [5, 5.41) is 9.72. The molecular formula is C25H23Cl2N3. The lowest BCUT2D eigenvalue weighted by molar-refractivity contribution is 1.02. The van der Waals surface area contributed by atoms with Crippen LogP contribution < -0.4 is 10.6 Å². The van der Waals surface area contributed by atoms with Crippen molar-refractivity contribution in [3.05, 3.63) is 100 Å². The molecule has 0 aliphatic heterocycles. The van der Waals surface area contributed by atoms with Crippen LogP contribution in [0.4, 0.5) is 11.4 Å². The van der Waals surface area contributed by atoms with Crippen LogP contribution in [-0.2, 0) is 12.8 Å². The van der Waals surface area contributed by atoms with Gasteiger partial charge in [-0.1, -0.05) is 47.5 Å².